The number of aryl methyl sites for hydroxylation is 1. The molecule has 2 atom stereocenters. The van der Waals surface area contributed by atoms with Crippen LogP contribution in [0, 0.1) is 0 Å². The lowest BCUT2D eigenvalue weighted by Crippen LogP contribution is -2.39. The molecule has 0 bridgehead atoms. The highest BCUT2D eigenvalue weighted by atomic mass is 79.9. The van der Waals surface area contributed by atoms with Gasteiger partial charge in [-0.15, -0.1) is 0 Å². The molecule has 2 N–H and O–H groups in total. The van der Waals surface area contributed by atoms with E-state index in [-0.39, 0.29) is 0 Å². The molecule has 1 aromatic carbocycles. The van der Waals surface area contributed by atoms with E-state index >= 15 is 0 Å². The maximum Gasteiger partial charge on any atom is 0.191 e. The first-order valence-corrected chi connectivity index (χ1v) is 8.86. The fraction of sp³-hybridized carbons (Fsp3) is 0.389. The lowest BCUT2D eigenvalue weighted by molar-refractivity contribution is 0.794. The van der Waals surface area contributed by atoms with Crippen molar-refractivity contribution in [1.82, 2.24) is 15.2 Å². The number of guanidine groups is 1. The van der Waals surface area contributed by atoms with E-state index in [0.29, 0.717) is 18.5 Å². The van der Waals surface area contributed by atoms with E-state index in [1.807, 2.05) is 7.05 Å². The number of halogens is 1. The summed E-state index contributed by atoms with van der Waals surface area (Å²) in [4.78, 5) is 4.69. The van der Waals surface area contributed by atoms with Gasteiger partial charge in [0.2, 0.25) is 0 Å². The standard InChI is InChI=1S/C18H23BrN4/c1-3-20-18(21-11-13-8-9-23(2)12-13)22-17-10-16(17)14-4-6-15(19)7-5-14/h4-9,12,16-17H,3,10-11H2,1-2H3,(H2,20,21,22). The zero-order valence-electron chi connectivity index (χ0n) is 13.6. The molecule has 3 rings (SSSR count). The second kappa shape index (κ2) is 7.21. The predicted molar refractivity (Wildman–Crippen MR) is 98.7 cm³/mol. The Kier molecular flexibility index (Phi) is 5.06. The molecule has 2 aromatic rings. The van der Waals surface area contributed by atoms with Crippen molar-refractivity contribution in [2.24, 2.45) is 12.0 Å². The number of nitrogens with one attached hydrogen (secondary N) is 2. The van der Waals surface area contributed by atoms with Gasteiger partial charge in [-0.3, -0.25) is 0 Å². The molecular formula is C18H23BrN4. The van der Waals surface area contributed by atoms with Gasteiger partial charge in [-0.2, -0.15) is 0 Å². The lowest BCUT2D eigenvalue weighted by atomic mass is 10.1. The second-order valence-corrected chi connectivity index (χ2v) is 6.94. The molecule has 4 nitrogen and oxygen atoms in total. The Morgan fingerprint density at radius 3 is 2.74 bits per heavy atom. The van der Waals surface area contributed by atoms with Crippen molar-refractivity contribution in [3.05, 3.63) is 58.3 Å². The van der Waals surface area contributed by atoms with E-state index in [1.54, 1.807) is 0 Å². The lowest BCUT2D eigenvalue weighted by Gasteiger charge is -2.11. The normalized spacial score (nSPS) is 20.4. The van der Waals surface area contributed by atoms with Crippen molar-refractivity contribution < 1.29 is 0 Å². The van der Waals surface area contributed by atoms with Crippen LogP contribution in [0.4, 0.5) is 0 Å². The summed E-state index contributed by atoms with van der Waals surface area (Å²) in [5.74, 6) is 1.49. The zero-order chi connectivity index (χ0) is 16.2. The van der Waals surface area contributed by atoms with Crippen LogP contribution in [0.5, 0.6) is 0 Å². The molecule has 122 valence electrons. The van der Waals surface area contributed by atoms with Gasteiger partial charge in [-0.25, -0.2) is 4.99 Å². The fourth-order valence-corrected chi connectivity index (χ4v) is 3.02. The van der Waals surface area contributed by atoms with E-state index in [4.69, 9.17) is 4.99 Å². The van der Waals surface area contributed by atoms with Crippen LogP contribution in [0.1, 0.15) is 30.4 Å². The van der Waals surface area contributed by atoms with E-state index in [0.717, 1.165) is 23.4 Å². The minimum absolute atomic E-state index is 0.477. The van der Waals surface area contributed by atoms with Crippen LogP contribution >= 0.6 is 15.9 Å². The smallest absolute Gasteiger partial charge is 0.191 e. The van der Waals surface area contributed by atoms with Crippen LogP contribution in [0.3, 0.4) is 0 Å². The number of hydrogen-bond acceptors (Lipinski definition) is 1. The molecule has 0 amide bonds. The van der Waals surface area contributed by atoms with Crippen molar-refractivity contribution in [2.45, 2.75) is 31.8 Å². The summed E-state index contributed by atoms with van der Waals surface area (Å²) in [6.45, 7) is 3.67. The minimum atomic E-state index is 0.477. The monoisotopic (exact) mass is 374 g/mol. The number of aromatic nitrogens is 1. The molecular weight excluding hydrogens is 352 g/mol. The molecule has 1 fully saturated rings. The number of rotatable bonds is 5. The predicted octanol–water partition coefficient (Wildman–Crippen LogP) is 3.40. The highest BCUT2D eigenvalue weighted by molar-refractivity contribution is 9.10. The van der Waals surface area contributed by atoms with Gasteiger partial charge in [-0.1, -0.05) is 28.1 Å². The maximum absolute atomic E-state index is 4.69. The molecule has 1 heterocycles. The average Bonchev–Trinajstić information content (AvgIpc) is 3.17. The molecule has 1 aromatic heterocycles. The number of aliphatic imine (C=N–C) groups is 1. The van der Waals surface area contributed by atoms with E-state index in [9.17, 15) is 0 Å². The summed E-state index contributed by atoms with van der Waals surface area (Å²) in [7, 11) is 2.03. The highest BCUT2D eigenvalue weighted by Crippen LogP contribution is 2.40. The Balaban J connectivity index is 1.58. The fourth-order valence-electron chi connectivity index (χ4n) is 2.75. The Morgan fingerprint density at radius 2 is 2.09 bits per heavy atom. The summed E-state index contributed by atoms with van der Waals surface area (Å²) >= 11 is 3.49. The van der Waals surface area contributed by atoms with Gasteiger partial charge >= 0.3 is 0 Å². The quantitative estimate of drug-likeness (QED) is 0.621. The molecule has 5 heteroatoms. The summed E-state index contributed by atoms with van der Waals surface area (Å²) < 4.78 is 3.18. The molecule has 23 heavy (non-hydrogen) atoms. The van der Waals surface area contributed by atoms with Crippen molar-refractivity contribution >= 4 is 21.9 Å². The van der Waals surface area contributed by atoms with Gasteiger partial charge in [-0.05, 0) is 42.7 Å². The Morgan fingerprint density at radius 1 is 1.30 bits per heavy atom. The van der Waals surface area contributed by atoms with Gasteiger partial charge in [0.15, 0.2) is 5.96 Å². The molecule has 0 saturated heterocycles. The molecule has 2 unspecified atom stereocenters. The van der Waals surface area contributed by atoms with E-state index < -0.39 is 0 Å². The first-order valence-electron chi connectivity index (χ1n) is 8.07. The largest absolute Gasteiger partial charge is 0.357 e. The Labute approximate surface area is 146 Å². The third-order valence-electron chi connectivity index (χ3n) is 4.07. The second-order valence-electron chi connectivity index (χ2n) is 6.02. The van der Waals surface area contributed by atoms with Gasteiger partial charge in [0, 0.05) is 42.4 Å². The van der Waals surface area contributed by atoms with E-state index in [1.165, 1.54) is 11.1 Å². The van der Waals surface area contributed by atoms with Gasteiger partial charge in [0.25, 0.3) is 0 Å². The summed E-state index contributed by atoms with van der Waals surface area (Å²) in [6.07, 6.45) is 5.32. The molecule has 1 aliphatic rings. The number of benzene rings is 1. The van der Waals surface area contributed by atoms with Crippen LogP contribution in [0.25, 0.3) is 0 Å². The molecule has 1 aliphatic carbocycles. The van der Waals surface area contributed by atoms with Crippen LogP contribution in [-0.2, 0) is 13.6 Å². The average molecular weight is 375 g/mol. The minimum Gasteiger partial charge on any atom is -0.357 e. The number of hydrogen-bond donors (Lipinski definition) is 2. The van der Waals surface area contributed by atoms with Crippen LogP contribution in [0.2, 0.25) is 0 Å². The van der Waals surface area contributed by atoms with Crippen molar-refractivity contribution in [2.75, 3.05) is 6.54 Å². The molecule has 0 radical (unpaired) electrons. The van der Waals surface area contributed by atoms with Crippen LogP contribution < -0.4 is 10.6 Å². The number of nitrogens with zero attached hydrogens (tertiary/aromatic N) is 2. The molecule has 0 aliphatic heterocycles. The van der Waals surface area contributed by atoms with Crippen LogP contribution in [0.15, 0.2) is 52.2 Å². The SMILES string of the molecule is CCNC(=NCc1ccn(C)c1)NC1CC1c1ccc(Br)cc1. The van der Waals surface area contributed by atoms with Gasteiger partial charge < -0.3 is 15.2 Å². The van der Waals surface area contributed by atoms with Gasteiger partial charge in [0.1, 0.15) is 0 Å². The third kappa shape index (κ3) is 4.38. The topological polar surface area (TPSA) is 41.4 Å². The first-order chi connectivity index (χ1) is 11.2. The Bertz CT molecular complexity index is 675. The zero-order valence-corrected chi connectivity index (χ0v) is 15.2. The molecule has 0 spiro atoms. The summed E-state index contributed by atoms with van der Waals surface area (Å²) in [5, 5.41) is 6.89. The van der Waals surface area contributed by atoms with E-state index in [2.05, 4.69) is 80.8 Å². The first kappa shape index (κ1) is 16.1. The van der Waals surface area contributed by atoms with Crippen molar-refractivity contribution in [3.63, 3.8) is 0 Å². The van der Waals surface area contributed by atoms with Crippen LogP contribution in [-0.4, -0.2) is 23.1 Å². The summed E-state index contributed by atoms with van der Waals surface area (Å²) in [6, 6.07) is 11.2. The van der Waals surface area contributed by atoms with Crippen molar-refractivity contribution in [1.29, 1.82) is 0 Å². The van der Waals surface area contributed by atoms with Crippen molar-refractivity contribution in [3.8, 4) is 0 Å². The Hall–Kier alpha value is -1.75. The maximum atomic E-state index is 4.69. The summed E-state index contributed by atoms with van der Waals surface area (Å²) in [5.41, 5.74) is 2.62. The highest BCUT2D eigenvalue weighted by Gasteiger charge is 2.38. The molecule has 1 saturated carbocycles. The third-order valence-corrected chi connectivity index (χ3v) is 4.60. The van der Waals surface area contributed by atoms with Gasteiger partial charge in [0.05, 0.1) is 6.54 Å².